The zero-order valence-corrected chi connectivity index (χ0v) is 18.1. The Labute approximate surface area is 168 Å². The zero-order valence-electron chi connectivity index (χ0n) is 17.2. The minimum absolute atomic E-state index is 0.156. The number of thioether (sulfide) groups is 1. The second-order valence-corrected chi connectivity index (χ2v) is 9.61. The molecule has 0 aliphatic heterocycles. The maximum absolute atomic E-state index is 13.1. The average molecular weight is 402 g/mol. The van der Waals surface area contributed by atoms with E-state index in [0.29, 0.717) is 17.7 Å². The van der Waals surface area contributed by atoms with Gasteiger partial charge in [-0.2, -0.15) is 0 Å². The van der Waals surface area contributed by atoms with Gasteiger partial charge < -0.3 is 10.3 Å². The van der Waals surface area contributed by atoms with Crippen LogP contribution in [-0.4, -0.2) is 30.0 Å². The molecule has 28 heavy (non-hydrogen) atoms. The molecule has 0 unspecified atom stereocenters. The minimum atomic E-state index is -0.371. The molecule has 0 aliphatic rings. The van der Waals surface area contributed by atoms with E-state index in [1.54, 1.807) is 36.8 Å². The van der Waals surface area contributed by atoms with Crippen LogP contribution in [0.2, 0.25) is 0 Å². The van der Waals surface area contributed by atoms with E-state index in [4.69, 9.17) is 5.73 Å². The van der Waals surface area contributed by atoms with Gasteiger partial charge in [0, 0.05) is 30.3 Å². The predicted molar refractivity (Wildman–Crippen MR) is 114 cm³/mol. The Bertz CT molecular complexity index is 1170. The number of nitrogens with two attached hydrogens (primary N) is 1. The molecule has 3 aromatic rings. The first-order chi connectivity index (χ1) is 13.1. The smallest absolute Gasteiger partial charge is 0.329 e. The number of fused-ring (bicyclic) bond motifs is 1. The van der Waals surface area contributed by atoms with E-state index in [1.165, 1.54) is 9.13 Å². The Morgan fingerprint density at radius 2 is 1.86 bits per heavy atom. The van der Waals surface area contributed by atoms with E-state index in [9.17, 15) is 9.59 Å². The molecule has 0 bridgehead atoms. The molecule has 2 aromatic heterocycles. The van der Waals surface area contributed by atoms with Crippen LogP contribution in [0.3, 0.4) is 0 Å². The number of aryl methyl sites for hydroxylation is 4. The number of hydrogen-bond acceptors (Lipinski definition) is 5. The Morgan fingerprint density at radius 3 is 2.50 bits per heavy atom. The topological polar surface area (TPSA) is 87.8 Å². The fourth-order valence-corrected chi connectivity index (χ4v) is 4.44. The third-order valence-corrected chi connectivity index (χ3v) is 6.40. The summed E-state index contributed by atoms with van der Waals surface area (Å²) in [5.74, 6) is 0. The molecule has 0 saturated heterocycles. The summed E-state index contributed by atoms with van der Waals surface area (Å²) in [6.07, 6.45) is 1.55. The van der Waals surface area contributed by atoms with Crippen LogP contribution >= 0.6 is 11.8 Å². The van der Waals surface area contributed by atoms with E-state index >= 15 is 0 Å². The van der Waals surface area contributed by atoms with Gasteiger partial charge in [-0.3, -0.25) is 13.9 Å². The van der Waals surface area contributed by atoms with Crippen molar-refractivity contribution in [2.45, 2.75) is 43.9 Å². The van der Waals surface area contributed by atoms with Gasteiger partial charge in [0.05, 0.1) is 12.9 Å². The maximum atomic E-state index is 13.1. The van der Waals surface area contributed by atoms with Crippen molar-refractivity contribution in [1.29, 1.82) is 0 Å². The highest BCUT2D eigenvalue weighted by Gasteiger charge is 2.22. The van der Waals surface area contributed by atoms with Gasteiger partial charge in [-0.15, -0.1) is 11.8 Å². The highest BCUT2D eigenvalue weighted by Crippen LogP contribution is 2.37. The normalized spacial score (nSPS) is 12.1. The summed E-state index contributed by atoms with van der Waals surface area (Å²) < 4.78 is 4.22. The van der Waals surface area contributed by atoms with Gasteiger partial charge >= 0.3 is 5.69 Å². The predicted octanol–water partition coefficient (Wildman–Crippen LogP) is 1.93. The lowest BCUT2D eigenvalue weighted by Crippen LogP contribution is -2.40. The van der Waals surface area contributed by atoms with Gasteiger partial charge in [-0.25, -0.2) is 9.78 Å². The fourth-order valence-electron chi connectivity index (χ4n) is 3.33. The van der Waals surface area contributed by atoms with Crippen LogP contribution in [0, 0.1) is 13.8 Å². The van der Waals surface area contributed by atoms with Gasteiger partial charge in [-0.1, -0.05) is 17.7 Å². The van der Waals surface area contributed by atoms with Crippen molar-refractivity contribution >= 4 is 22.9 Å². The third kappa shape index (κ3) is 3.54. The molecule has 2 heterocycles. The van der Waals surface area contributed by atoms with Gasteiger partial charge in [-0.05, 0) is 38.8 Å². The van der Waals surface area contributed by atoms with Crippen LogP contribution in [0.15, 0.2) is 32.9 Å². The fraction of sp³-hybridized carbons (Fsp3) is 0.450. The molecular weight excluding hydrogens is 374 g/mol. The zero-order chi connectivity index (χ0) is 20.8. The summed E-state index contributed by atoms with van der Waals surface area (Å²) in [6, 6.07) is 4.16. The lowest BCUT2D eigenvalue weighted by molar-refractivity contribution is 0.647. The first-order valence-corrected chi connectivity index (χ1v) is 9.97. The quantitative estimate of drug-likeness (QED) is 0.660. The van der Waals surface area contributed by atoms with E-state index in [2.05, 4.69) is 31.8 Å². The van der Waals surface area contributed by atoms with Crippen LogP contribution in [-0.2, 0) is 20.6 Å². The summed E-state index contributed by atoms with van der Waals surface area (Å²) in [5, 5.41) is 0. The molecule has 1 aromatic carbocycles. The molecule has 0 atom stereocenters. The van der Waals surface area contributed by atoms with Crippen molar-refractivity contribution in [3.8, 4) is 0 Å². The summed E-state index contributed by atoms with van der Waals surface area (Å²) >= 11 is 1.68. The summed E-state index contributed by atoms with van der Waals surface area (Å²) in [4.78, 5) is 31.2. The second kappa shape index (κ2) is 7.25. The van der Waals surface area contributed by atoms with Crippen molar-refractivity contribution in [3.05, 3.63) is 56.0 Å². The molecule has 0 fully saturated rings. The summed E-state index contributed by atoms with van der Waals surface area (Å²) in [6.45, 7) is 8.98. The second-order valence-electron chi connectivity index (χ2n) is 7.90. The molecule has 0 spiro atoms. The molecular formula is C20H27N5O2S. The lowest BCUT2D eigenvalue weighted by Gasteiger charge is -2.25. The molecule has 7 nitrogen and oxygen atoms in total. The lowest BCUT2D eigenvalue weighted by atomic mass is 10.1. The molecule has 0 amide bonds. The van der Waals surface area contributed by atoms with Crippen LogP contribution in [0.5, 0.6) is 0 Å². The third-order valence-electron chi connectivity index (χ3n) is 4.90. The van der Waals surface area contributed by atoms with E-state index in [-0.39, 0.29) is 22.5 Å². The standard InChI is InChI=1S/C20H27N5O2S/c1-12-7-13(2)16(28-20(3,4)10-21)14(8-12)9-25-18(26)15-17(22-11-23(15)5)24(6)19(25)27/h7-8,11H,9-10,21H2,1-6H3. The monoisotopic (exact) mass is 401 g/mol. The Hall–Kier alpha value is -2.32. The number of imidazole rings is 1. The molecule has 8 heteroatoms. The van der Waals surface area contributed by atoms with E-state index in [1.807, 2.05) is 13.0 Å². The van der Waals surface area contributed by atoms with E-state index < -0.39 is 0 Å². The number of nitrogens with zero attached hydrogens (tertiary/aromatic N) is 4. The Morgan fingerprint density at radius 1 is 1.18 bits per heavy atom. The van der Waals surface area contributed by atoms with Crippen LogP contribution in [0.4, 0.5) is 0 Å². The molecule has 3 rings (SSSR count). The SMILES string of the molecule is Cc1cc(C)c(SC(C)(C)CN)c(Cn2c(=O)c3c(ncn3C)n(C)c2=O)c1. The Kier molecular flexibility index (Phi) is 5.29. The largest absolute Gasteiger partial charge is 0.332 e. The van der Waals surface area contributed by atoms with Crippen molar-refractivity contribution in [2.24, 2.45) is 19.8 Å². The van der Waals surface area contributed by atoms with Crippen LogP contribution in [0.1, 0.15) is 30.5 Å². The van der Waals surface area contributed by atoms with E-state index in [0.717, 1.165) is 21.6 Å². The molecule has 2 N–H and O–H groups in total. The van der Waals surface area contributed by atoms with Gasteiger partial charge in [0.1, 0.15) is 0 Å². The number of benzene rings is 1. The van der Waals surface area contributed by atoms with Crippen molar-refractivity contribution < 1.29 is 0 Å². The first kappa shape index (κ1) is 20.4. The van der Waals surface area contributed by atoms with Crippen molar-refractivity contribution in [3.63, 3.8) is 0 Å². The first-order valence-electron chi connectivity index (χ1n) is 9.16. The van der Waals surface area contributed by atoms with Crippen LogP contribution < -0.4 is 17.0 Å². The summed E-state index contributed by atoms with van der Waals surface area (Å²) in [7, 11) is 3.40. The van der Waals surface area contributed by atoms with Gasteiger partial charge in [0.15, 0.2) is 11.2 Å². The highest BCUT2D eigenvalue weighted by molar-refractivity contribution is 8.00. The number of rotatable bonds is 5. The highest BCUT2D eigenvalue weighted by atomic mass is 32.2. The molecule has 150 valence electrons. The maximum Gasteiger partial charge on any atom is 0.332 e. The number of aromatic nitrogens is 4. The number of hydrogen-bond donors (Lipinski definition) is 1. The van der Waals surface area contributed by atoms with Crippen molar-refractivity contribution in [2.75, 3.05) is 6.54 Å². The van der Waals surface area contributed by atoms with Gasteiger partial charge in [0.25, 0.3) is 5.56 Å². The van der Waals surface area contributed by atoms with Crippen molar-refractivity contribution in [1.82, 2.24) is 18.7 Å². The molecule has 0 saturated carbocycles. The summed E-state index contributed by atoms with van der Waals surface area (Å²) in [5.41, 5.74) is 9.21. The molecule has 0 radical (unpaired) electrons. The van der Waals surface area contributed by atoms with Crippen LogP contribution in [0.25, 0.3) is 11.2 Å². The molecule has 0 aliphatic carbocycles. The van der Waals surface area contributed by atoms with Gasteiger partial charge in [0.2, 0.25) is 0 Å². The minimum Gasteiger partial charge on any atom is -0.329 e. The average Bonchev–Trinajstić information content (AvgIpc) is 3.01. The Balaban J connectivity index is 2.21.